The molecule has 4 heterocycles. The molecule has 1 N–H and O–H groups in total. The van der Waals surface area contributed by atoms with Gasteiger partial charge in [-0.2, -0.15) is 0 Å². The van der Waals surface area contributed by atoms with E-state index in [4.69, 9.17) is 14.3 Å². The minimum atomic E-state index is -0.504. The van der Waals surface area contributed by atoms with E-state index in [1.165, 1.54) is 12.8 Å². The van der Waals surface area contributed by atoms with Gasteiger partial charge in [-0.15, -0.1) is 0 Å². The van der Waals surface area contributed by atoms with Crippen molar-refractivity contribution < 1.29 is 19.4 Å². The van der Waals surface area contributed by atoms with Crippen LogP contribution in [-0.4, -0.2) is 96.5 Å². The zero-order valence-electron chi connectivity index (χ0n) is 17.7. The fourth-order valence-electron chi connectivity index (χ4n) is 5.65. The summed E-state index contributed by atoms with van der Waals surface area (Å²) in [4.78, 5) is 10.5. The monoisotopic (exact) mass is 395 g/mol. The molecule has 0 amide bonds. The lowest BCUT2D eigenvalue weighted by molar-refractivity contribution is -0.199. The van der Waals surface area contributed by atoms with E-state index >= 15 is 0 Å². The Balaban J connectivity index is 1.46. The van der Waals surface area contributed by atoms with Crippen LogP contribution in [0, 0.1) is 5.92 Å². The molecule has 4 saturated heterocycles. The number of nitrogens with zero attached hydrogens (tertiary/aromatic N) is 3. The molecule has 5 rings (SSSR count). The van der Waals surface area contributed by atoms with Gasteiger partial charge in [-0.05, 0) is 59.5 Å². The fraction of sp³-hybridized carbons (Fsp3) is 0.952. The number of oxime groups is 1. The van der Waals surface area contributed by atoms with Gasteiger partial charge in [0.15, 0.2) is 0 Å². The third-order valence-electron chi connectivity index (χ3n) is 7.05. The van der Waals surface area contributed by atoms with Gasteiger partial charge >= 0.3 is 0 Å². The van der Waals surface area contributed by atoms with Gasteiger partial charge in [-0.3, -0.25) is 4.90 Å². The summed E-state index contributed by atoms with van der Waals surface area (Å²) in [5, 5.41) is 14.9. The van der Waals surface area contributed by atoms with Crippen LogP contribution in [0.25, 0.3) is 0 Å². The fourth-order valence-corrected chi connectivity index (χ4v) is 5.65. The lowest BCUT2D eigenvalue weighted by Gasteiger charge is -2.59. The Morgan fingerprint density at radius 3 is 2.57 bits per heavy atom. The minimum Gasteiger partial charge on any atom is -0.393 e. The molecule has 4 aliphatic heterocycles. The highest BCUT2D eigenvalue weighted by atomic mass is 16.6. The summed E-state index contributed by atoms with van der Waals surface area (Å²) < 4.78 is 12.1. The van der Waals surface area contributed by atoms with Gasteiger partial charge < -0.3 is 24.3 Å². The van der Waals surface area contributed by atoms with E-state index in [2.05, 4.69) is 35.7 Å². The molecule has 1 saturated carbocycles. The molecule has 7 heteroatoms. The summed E-state index contributed by atoms with van der Waals surface area (Å²) in [5.74, 6) is 0.393. The molecular weight excluding hydrogens is 358 g/mol. The molecular formula is C21H37N3O4. The van der Waals surface area contributed by atoms with Gasteiger partial charge in [-0.1, -0.05) is 5.16 Å². The van der Waals surface area contributed by atoms with Crippen molar-refractivity contribution in [3.8, 4) is 0 Å². The van der Waals surface area contributed by atoms with E-state index < -0.39 is 11.7 Å². The van der Waals surface area contributed by atoms with Crippen molar-refractivity contribution in [1.82, 2.24) is 9.80 Å². The number of rotatable bonds is 6. The molecule has 0 aromatic carbocycles. The predicted molar refractivity (Wildman–Crippen MR) is 108 cm³/mol. The van der Waals surface area contributed by atoms with Crippen molar-refractivity contribution >= 4 is 5.71 Å². The van der Waals surface area contributed by atoms with E-state index in [0.717, 1.165) is 57.9 Å². The minimum absolute atomic E-state index is 0.176. The van der Waals surface area contributed by atoms with Gasteiger partial charge in [-0.25, -0.2) is 0 Å². The molecule has 5 fully saturated rings. The molecule has 0 radical (unpaired) electrons. The van der Waals surface area contributed by atoms with Crippen LogP contribution in [0.5, 0.6) is 0 Å². The maximum atomic E-state index is 10.3. The maximum absolute atomic E-state index is 10.3. The number of aliphatic hydroxyl groups excluding tert-OH is 1. The summed E-state index contributed by atoms with van der Waals surface area (Å²) >= 11 is 0. The lowest BCUT2D eigenvalue weighted by atomic mass is 9.64. The predicted octanol–water partition coefficient (Wildman–Crippen LogP) is 1.49. The van der Waals surface area contributed by atoms with Crippen LogP contribution in [0.4, 0.5) is 0 Å². The number of ether oxygens (including phenoxy) is 2. The van der Waals surface area contributed by atoms with Crippen molar-refractivity contribution in [2.45, 2.75) is 69.8 Å². The average Bonchev–Trinajstić information content (AvgIpc) is 3.15. The van der Waals surface area contributed by atoms with Crippen molar-refractivity contribution in [2.24, 2.45) is 11.1 Å². The van der Waals surface area contributed by atoms with Crippen molar-refractivity contribution in [3.05, 3.63) is 0 Å². The van der Waals surface area contributed by atoms with E-state index in [9.17, 15) is 5.11 Å². The van der Waals surface area contributed by atoms with Crippen LogP contribution in [0.2, 0.25) is 0 Å². The highest BCUT2D eigenvalue weighted by molar-refractivity contribution is 5.98. The molecule has 0 spiro atoms. The summed E-state index contributed by atoms with van der Waals surface area (Å²) in [6.07, 6.45) is 4.06. The standard InChI is InChI=1S/C21H37N3O4/c1-20(2)17-6-7-21(3,28-20)19(18(17)24-10-12-26-13-11-24)22-27-15-16(25)14-23-8-4-5-9-23/h16-18,25H,4-15H2,1-3H3/b22-19+/t16?,17-,18-,21+/m1/s1. The maximum Gasteiger partial charge on any atom is 0.144 e. The van der Waals surface area contributed by atoms with Gasteiger partial charge in [0.25, 0.3) is 0 Å². The number of likely N-dealkylation sites (tertiary alicyclic amines) is 1. The summed E-state index contributed by atoms with van der Waals surface area (Å²) in [7, 11) is 0. The zero-order valence-corrected chi connectivity index (χ0v) is 17.7. The quantitative estimate of drug-likeness (QED) is 0.688. The number of hydrogen-bond donors (Lipinski definition) is 1. The second-order valence-electron chi connectivity index (χ2n) is 9.61. The van der Waals surface area contributed by atoms with Crippen LogP contribution in [0.15, 0.2) is 5.16 Å². The first-order valence-electron chi connectivity index (χ1n) is 11.0. The van der Waals surface area contributed by atoms with Gasteiger partial charge in [0.2, 0.25) is 0 Å². The van der Waals surface area contributed by atoms with Crippen LogP contribution in [0.3, 0.4) is 0 Å². The van der Waals surface area contributed by atoms with Crippen molar-refractivity contribution in [1.29, 1.82) is 0 Å². The number of fused-ring (bicyclic) bond motifs is 3. The van der Waals surface area contributed by atoms with E-state index in [1.54, 1.807) is 0 Å². The van der Waals surface area contributed by atoms with Crippen LogP contribution in [-0.2, 0) is 14.3 Å². The van der Waals surface area contributed by atoms with Gasteiger partial charge in [0, 0.05) is 25.6 Å². The van der Waals surface area contributed by atoms with Crippen molar-refractivity contribution in [2.75, 3.05) is 52.5 Å². The highest BCUT2D eigenvalue weighted by Gasteiger charge is 2.59. The topological polar surface area (TPSA) is 66.8 Å². The Labute approximate surface area is 169 Å². The van der Waals surface area contributed by atoms with Crippen LogP contribution < -0.4 is 0 Å². The summed E-state index contributed by atoms with van der Waals surface area (Å²) in [5.41, 5.74) is 0.420. The number of morpholine rings is 1. The second kappa shape index (κ2) is 8.19. The Hall–Kier alpha value is -0.730. The molecule has 1 aliphatic carbocycles. The zero-order chi connectivity index (χ0) is 19.8. The lowest BCUT2D eigenvalue weighted by Crippen LogP contribution is -2.71. The smallest absolute Gasteiger partial charge is 0.144 e. The van der Waals surface area contributed by atoms with Crippen LogP contribution in [0.1, 0.15) is 46.5 Å². The first kappa shape index (κ1) is 20.5. The molecule has 0 aromatic rings. The average molecular weight is 396 g/mol. The molecule has 160 valence electrons. The summed E-state index contributed by atoms with van der Waals surface area (Å²) in [6.45, 7) is 13.0. The normalized spacial score (nSPS) is 38.8. The largest absolute Gasteiger partial charge is 0.393 e. The molecule has 5 aliphatic rings. The van der Waals surface area contributed by atoms with E-state index in [0.29, 0.717) is 12.5 Å². The van der Waals surface area contributed by atoms with E-state index in [-0.39, 0.29) is 18.2 Å². The Morgan fingerprint density at radius 1 is 1.18 bits per heavy atom. The number of hydrogen-bond acceptors (Lipinski definition) is 7. The van der Waals surface area contributed by atoms with Crippen molar-refractivity contribution in [3.63, 3.8) is 0 Å². The number of β-amino-alcohol motifs (C(OH)–C–C–N with tert-alkyl or cyclic N) is 1. The van der Waals surface area contributed by atoms with E-state index in [1.807, 2.05) is 0 Å². The third-order valence-corrected chi connectivity index (χ3v) is 7.05. The molecule has 0 aromatic heterocycles. The Morgan fingerprint density at radius 2 is 1.89 bits per heavy atom. The SMILES string of the molecule is CC1(C)O[C@@]2(C)CC[C@@H]1[C@@H](N1CCOCC1)/C2=N\OCC(O)CN1CCCC1. The van der Waals surface area contributed by atoms with Crippen LogP contribution >= 0.6 is 0 Å². The Kier molecular flexibility index (Phi) is 6.00. The first-order valence-corrected chi connectivity index (χ1v) is 11.0. The molecule has 28 heavy (non-hydrogen) atoms. The molecule has 2 bridgehead atoms. The molecule has 4 atom stereocenters. The molecule has 1 unspecified atom stereocenters. The second-order valence-corrected chi connectivity index (χ2v) is 9.61. The summed E-state index contributed by atoms with van der Waals surface area (Å²) in [6, 6.07) is 0.224. The third kappa shape index (κ3) is 4.10. The highest BCUT2D eigenvalue weighted by Crippen LogP contribution is 2.50. The first-order chi connectivity index (χ1) is 13.4. The Bertz CT molecular complexity index is 572. The van der Waals surface area contributed by atoms with Gasteiger partial charge in [0.05, 0.1) is 24.9 Å². The number of aliphatic hydroxyl groups is 1. The molecule has 7 nitrogen and oxygen atoms in total. The van der Waals surface area contributed by atoms with Gasteiger partial charge in [0.1, 0.15) is 24.0 Å².